The molecule has 0 unspecified atom stereocenters. The fraction of sp³-hybridized carbons (Fsp3) is 0.167. The summed E-state index contributed by atoms with van der Waals surface area (Å²) in [4.78, 5) is 15.4. The zero-order valence-corrected chi connectivity index (χ0v) is 11.2. The smallest absolute Gasteiger partial charge is 0.227 e. The van der Waals surface area contributed by atoms with Crippen LogP contribution in [0.4, 0.5) is 13.9 Å². The number of nitrogens with one attached hydrogen (secondary N) is 1. The summed E-state index contributed by atoms with van der Waals surface area (Å²) in [6, 6.07) is 3.26. The maximum Gasteiger partial charge on any atom is 0.227 e. The monoisotopic (exact) mass is 302 g/mol. The average Bonchev–Trinajstić information content (AvgIpc) is 2.77. The first-order valence-electron chi connectivity index (χ1n) is 5.37. The van der Waals surface area contributed by atoms with Gasteiger partial charge in [-0.3, -0.25) is 4.79 Å². The van der Waals surface area contributed by atoms with E-state index in [9.17, 15) is 13.6 Å². The van der Waals surface area contributed by atoms with Crippen LogP contribution in [0.15, 0.2) is 23.6 Å². The second-order valence-electron chi connectivity index (χ2n) is 3.65. The number of amides is 1. The van der Waals surface area contributed by atoms with Crippen molar-refractivity contribution in [2.24, 2.45) is 0 Å². The van der Waals surface area contributed by atoms with Crippen molar-refractivity contribution in [1.82, 2.24) is 4.98 Å². The molecule has 2 rings (SSSR count). The van der Waals surface area contributed by atoms with E-state index in [4.69, 9.17) is 11.6 Å². The summed E-state index contributed by atoms with van der Waals surface area (Å²) in [6.07, 6.45) is 0.182. The first-order valence-corrected chi connectivity index (χ1v) is 6.78. The van der Waals surface area contributed by atoms with Gasteiger partial charge in [-0.05, 0) is 12.1 Å². The molecule has 7 heteroatoms. The van der Waals surface area contributed by atoms with Crippen molar-refractivity contribution in [3.8, 4) is 11.3 Å². The number of benzene rings is 1. The fourth-order valence-corrected chi connectivity index (χ4v) is 2.32. The molecule has 0 saturated heterocycles. The topological polar surface area (TPSA) is 42.0 Å². The molecule has 1 aromatic carbocycles. The predicted molar refractivity (Wildman–Crippen MR) is 71.4 cm³/mol. The molecule has 0 bridgehead atoms. The zero-order chi connectivity index (χ0) is 13.8. The minimum Gasteiger partial charge on any atom is -0.302 e. The summed E-state index contributed by atoms with van der Waals surface area (Å²) in [5.41, 5.74) is 0.541. The fourth-order valence-electron chi connectivity index (χ4n) is 1.42. The van der Waals surface area contributed by atoms with Crippen LogP contribution < -0.4 is 5.32 Å². The molecule has 100 valence electrons. The Balaban J connectivity index is 2.18. The van der Waals surface area contributed by atoms with E-state index in [1.807, 2.05) is 0 Å². The van der Waals surface area contributed by atoms with Gasteiger partial charge in [-0.25, -0.2) is 13.8 Å². The Bertz CT molecular complexity index is 603. The Morgan fingerprint density at radius 3 is 2.89 bits per heavy atom. The number of rotatable bonds is 4. The highest BCUT2D eigenvalue weighted by atomic mass is 35.5. The molecule has 0 aliphatic rings. The molecule has 0 fully saturated rings. The molecule has 0 spiro atoms. The van der Waals surface area contributed by atoms with Crippen LogP contribution in [0.2, 0.25) is 0 Å². The van der Waals surface area contributed by atoms with E-state index >= 15 is 0 Å². The Labute approximate surface area is 117 Å². The van der Waals surface area contributed by atoms with Crippen LogP contribution in [0.3, 0.4) is 0 Å². The highest BCUT2D eigenvalue weighted by Crippen LogP contribution is 2.27. The molecule has 0 radical (unpaired) electrons. The summed E-state index contributed by atoms with van der Waals surface area (Å²) in [5.74, 6) is -1.37. The number of hydrogen-bond acceptors (Lipinski definition) is 3. The van der Waals surface area contributed by atoms with E-state index in [1.54, 1.807) is 5.38 Å². The highest BCUT2D eigenvalue weighted by molar-refractivity contribution is 7.14. The van der Waals surface area contributed by atoms with Crippen molar-refractivity contribution in [3.05, 3.63) is 35.2 Å². The van der Waals surface area contributed by atoms with Gasteiger partial charge >= 0.3 is 0 Å². The normalized spacial score (nSPS) is 10.5. The molecule has 0 saturated carbocycles. The minimum atomic E-state index is -0.691. The van der Waals surface area contributed by atoms with Crippen molar-refractivity contribution < 1.29 is 13.6 Å². The summed E-state index contributed by atoms with van der Waals surface area (Å²) < 4.78 is 26.3. The van der Waals surface area contributed by atoms with Gasteiger partial charge in [-0.2, -0.15) is 0 Å². The molecule has 1 aromatic heterocycles. The third kappa shape index (κ3) is 3.48. The van der Waals surface area contributed by atoms with Crippen LogP contribution in [0.5, 0.6) is 0 Å². The van der Waals surface area contributed by atoms with Gasteiger partial charge in [0.2, 0.25) is 5.91 Å². The van der Waals surface area contributed by atoms with E-state index < -0.39 is 11.6 Å². The Kier molecular flexibility index (Phi) is 4.44. The predicted octanol–water partition coefficient (Wildman–Crippen LogP) is 3.66. The van der Waals surface area contributed by atoms with Crippen molar-refractivity contribution in [1.29, 1.82) is 0 Å². The molecular weight excluding hydrogens is 294 g/mol. The zero-order valence-electron chi connectivity index (χ0n) is 9.62. The van der Waals surface area contributed by atoms with E-state index in [2.05, 4.69) is 10.3 Å². The standard InChI is InChI=1S/C12H9ClF2N2OS/c13-4-3-11(18)17-12-16-10(6-19-12)8-2-1-7(14)5-9(8)15/h1-2,5-6H,3-4H2,(H,16,17,18). The SMILES string of the molecule is O=C(CCCl)Nc1nc(-c2ccc(F)cc2F)cs1. The van der Waals surface area contributed by atoms with Gasteiger partial charge in [0.05, 0.1) is 5.69 Å². The van der Waals surface area contributed by atoms with Gasteiger partial charge in [0, 0.05) is 29.3 Å². The van der Waals surface area contributed by atoms with Gasteiger partial charge in [0.25, 0.3) is 0 Å². The maximum absolute atomic E-state index is 13.5. The second-order valence-corrected chi connectivity index (χ2v) is 4.89. The molecule has 0 aliphatic carbocycles. The van der Waals surface area contributed by atoms with Crippen LogP contribution >= 0.6 is 22.9 Å². The largest absolute Gasteiger partial charge is 0.302 e. The van der Waals surface area contributed by atoms with Crippen molar-refractivity contribution >= 4 is 34.0 Å². The summed E-state index contributed by atoms with van der Waals surface area (Å²) in [6.45, 7) is 0. The van der Waals surface area contributed by atoms with Crippen LogP contribution in [0.25, 0.3) is 11.3 Å². The number of halogens is 3. The lowest BCUT2D eigenvalue weighted by Gasteiger charge is -2.00. The van der Waals surface area contributed by atoms with Crippen molar-refractivity contribution in [2.75, 3.05) is 11.2 Å². The van der Waals surface area contributed by atoms with Crippen LogP contribution in [0, 0.1) is 11.6 Å². The summed E-state index contributed by atoms with van der Waals surface area (Å²) >= 11 is 6.60. The molecule has 0 atom stereocenters. The van der Waals surface area contributed by atoms with Gasteiger partial charge < -0.3 is 5.32 Å². The maximum atomic E-state index is 13.5. The van der Waals surface area contributed by atoms with Crippen molar-refractivity contribution in [3.63, 3.8) is 0 Å². The van der Waals surface area contributed by atoms with Gasteiger partial charge in [0.15, 0.2) is 5.13 Å². The lowest BCUT2D eigenvalue weighted by Crippen LogP contribution is -2.11. The number of nitrogens with zero attached hydrogens (tertiary/aromatic N) is 1. The lowest BCUT2D eigenvalue weighted by molar-refractivity contribution is -0.115. The third-order valence-electron chi connectivity index (χ3n) is 2.28. The summed E-state index contributed by atoms with van der Waals surface area (Å²) in [5, 5.41) is 4.50. The number of alkyl halides is 1. The van der Waals surface area contributed by atoms with Crippen LogP contribution in [-0.2, 0) is 4.79 Å². The molecule has 0 aliphatic heterocycles. The number of carbonyl (C=O) groups is 1. The average molecular weight is 303 g/mol. The number of aromatic nitrogens is 1. The first-order chi connectivity index (χ1) is 9.10. The molecule has 19 heavy (non-hydrogen) atoms. The van der Waals surface area contributed by atoms with Crippen LogP contribution in [-0.4, -0.2) is 16.8 Å². The molecule has 1 amide bonds. The molecule has 3 nitrogen and oxygen atoms in total. The minimum absolute atomic E-state index is 0.182. The van der Waals surface area contributed by atoms with Gasteiger partial charge in [-0.1, -0.05) is 0 Å². The summed E-state index contributed by atoms with van der Waals surface area (Å²) in [7, 11) is 0. The van der Waals surface area contributed by atoms with Crippen molar-refractivity contribution in [2.45, 2.75) is 6.42 Å². The van der Waals surface area contributed by atoms with E-state index in [1.165, 1.54) is 6.07 Å². The van der Waals surface area contributed by atoms with E-state index in [0.29, 0.717) is 10.8 Å². The molecular formula is C12H9ClF2N2OS. The number of carbonyl (C=O) groups excluding carboxylic acids is 1. The van der Waals surface area contributed by atoms with Gasteiger partial charge in [0.1, 0.15) is 11.6 Å². The molecule has 2 aromatic rings. The highest BCUT2D eigenvalue weighted by Gasteiger charge is 2.11. The Morgan fingerprint density at radius 2 is 2.21 bits per heavy atom. The third-order valence-corrected chi connectivity index (χ3v) is 3.23. The quantitative estimate of drug-likeness (QED) is 0.876. The Hall–Kier alpha value is -1.53. The number of anilines is 1. The van der Waals surface area contributed by atoms with Crippen LogP contribution in [0.1, 0.15) is 6.42 Å². The number of hydrogen-bond donors (Lipinski definition) is 1. The molecule has 1 N–H and O–H groups in total. The lowest BCUT2D eigenvalue weighted by atomic mass is 10.1. The van der Waals surface area contributed by atoms with E-state index in [-0.39, 0.29) is 23.8 Å². The van der Waals surface area contributed by atoms with Gasteiger partial charge in [-0.15, -0.1) is 22.9 Å². The Morgan fingerprint density at radius 1 is 1.42 bits per heavy atom. The molecule has 1 heterocycles. The second kappa shape index (κ2) is 6.08. The number of thiazole rings is 1. The first kappa shape index (κ1) is 13.9. The van der Waals surface area contributed by atoms with E-state index in [0.717, 1.165) is 23.5 Å².